The Hall–Kier alpha value is -2.73. The number of carbonyl (C=O) groups is 1. The Balaban J connectivity index is 2.12. The van der Waals surface area contributed by atoms with Gasteiger partial charge in [0.15, 0.2) is 0 Å². The molecule has 0 heterocycles. The Morgan fingerprint density at radius 2 is 1.78 bits per heavy atom. The summed E-state index contributed by atoms with van der Waals surface area (Å²) in [4.78, 5) is 17.2. The Bertz CT molecular complexity index is 1040. The van der Waals surface area contributed by atoms with E-state index < -0.39 is 17.4 Å². The zero-order valence-electron chi connectivity index (χ0n) is 21.8. The Kier molecular flexibility index (Phi) is 10.7. The molecule has 0 aromatic heterocycles. The fraction of sp³-hybridized carbons (Fsp3) is 0.467. The summed E-state index contributed by atoms with van der Waals surface area (Å²) in [5.41, 5.74) is 1.14. The van der Waals surface area contributed by atoms with Gasteiger partial charge in [0.05, 0.1) is 11.3 Å². The number of aliphatic imine (C=N–C) groups is 1. The largest absolute Gasteiger partial charge is 0.412 e. The second kappa shape index (κ2) is 13.0. The van der Waals surface area contributed by atoms with Crippen LogP contribution in [0.4, 0.5) is 13.2 Å². The number of carbonyl (C=O) groups excluding carboxylic acids is 1. The second-order valence-corrected chi connectivity index (χ2v) is 10.1. The van der Waals surface area contributed by atoms with Crippen molar-refractivity contribution in [3.05, 3.63) is 83.1 Å². The molecule has 0 spiro atoms. The van der Waals surface area contributed by atoms with E-state index in [9.17, 15) is 23.1 Å². The van der Waals surface area contributed by atoms with Gasteiger partial charge in [0.25, 0.3) is 0 Å². The fourth-order valence-corrected chi connectivity index (χ4v) is 3.96. The molecule has 196 valence electrons. The van der Waals surface area contributed by atoms with Crippen molar-refractivity contribution in [1.29, 1.82) is 0 Å². The van der Waals surface area contributed by atoms with Crippen LogP contribution in [-0.2, 0) is 10.4 Å². The highest BCUT2D eigenvalue weighted by Crippen LogP contribution is 2.35. The molecule has 0 aliphatic heterocycles. The third-order valence-corrected chi connectivity index (χ3v) is 6.25. The van der Waals surface area contributed by atoms with E-state index in [0.29, 0.717) is 29.0 Å². The van der Waals surface area contributed by atoms with Crippen LogP contribution in [0.2, 0.25) is 0 Å². The number of benzene rings is 1. The molecule has 6 heteroatoms. The van der Waals surface area contributed by atoms with Crippen molar-refractivity contribution < 1.29 is 23.1 Å². The van der Waals surface area contributed by atoms with E-state index >= 15 is 0 Å². The summed E-state index contributed by atoms with van der Waals surface area (Å²) in [7, 11) is 0. The van der Waals surface area contributed by atoms with Crippen molar-refractivity contribution in [3.63, 3.8) is 0 Å². The molecule has 1 unspecified atom stereocenters. The molecule has 1 aliphatic rings. The molecule has 1 aromatic carbocycles. The maximum absolute atomic E-state index is 13.0. The van der Waals surface area contributed by atoms with Gasteiger partial charge in [-0.2, -0.15) is 13.2 Å². The minimum absolute atomic E-state index is 0.0249. The predicted molar refractivity (Wildman–Crippen MR) is 141 cm³/mol. The fourth-order valence-electron chi connectivity index (χ4n) is 3.96. The number of hydrogen-bond donors (Lipinski definition) is 1. The van der Waals surface area contributed by atoms with E-state index in [1.807, 2.05) is 18.2 Å². The molecular formula is C30H38F3NO2. The van der Waals surface area contributed by atoms with Crippen LogP contribution in [0.25, 0.3) is 0 Å². The minimum atomic E-state index is -4.40. The third kappa shape index (κ3) is 10.5. The Morgan fingerprint density at radius 1 is 1.14 bits per heavy atom. The molecule has 0 amide bonds. The first-order chi connectivity index (χ1) is 16.8. The zero-order chi connectivity index (χ0) is 26.9. The number of rotatable bonds is 13. The number of alkyl halides is 3. The normalized spacial score (nSPS) is 17.7. The van der Waals surface area contributed by atoms with Gasteiger partial charge in [-0.05, 0) is 69.7 Å². The lowest BCUT2D eigenvalue weighted by Gasteiger charge is -2.23. The van der Waals surface area contributed by atoms with Crippen molar-refractivity contribution in [2.75, 3.05) is 0 Å². The van der Waals surface area contributed by atoms with Gasteiger partial charge in [0.2, 0.25) is 0 Å². The van der Waals surface area contributed by atoms with E-state index in [-0.39, 0.29) is 18.6 Å². The standard InChI is InChI=1S/C30H38F3NO2/c1-21(19-27(35)20-29(5,36)26-12-7-6-8-13-26)18-24(4)34-28(17-14-23(3)30(31,32)33)22(2)10-9-11-25-15-16-25/h6-8,12-14,17-18,25,36H,2,9-11,15-16,19-20H2,1,3-5H3/b21-18-,23-14+,28-17+,34-24+. The molecule has 3 nitrogen and oxygen atoms in total. The van der Waals surface area contributed by atoms with Crippen molar-refractivity contribution in [2.24, 2.45) is 10.9 Å². The van der Waals surface area contributed by atoms with Gasteiger partial charge in [0.1, 0.15) is 5.78 Å². The van der Waals surface area contributed by atoms with Gasteiger partial charge in [-0.25, -0.2) is 0 Å². The van der Waals surface area contributed by atoms with Crippen molar-refractivity contribution in [1.82, 2.24) is 0 Å². The summed E-state index contributed by atoms with van der Waals surface area (Å²) in [6, 6.07) is 9.05. The van der Waals surface area contributed by atoms with Crippen LogP contribution < -0.4 is 0 Å². The van der Waals surface area contributed by atoms with Gasteiger partial charge in [-0.15, -0.1) is 0 Å². The van der Waals surface area contributed by atoms with Gasteiger partial charge in [-0.1, -0.05) is 67.8 Å². The first-order valence-corrected chi connectivity index (χ1v) is 12.4. The number of nitrogens with zero attached hydrogens (tertiary/aromatic N) is 1. The average Bonchev–Trinajstić information content (AvgIpc) is 3.60. The summed E-state index contributed by atoms with van der Waals surface area (Å²) in [6.07, 6.45) is 5.09. The lowest BCUT2D eigenvalue weighted by atomic mass is 9.89. The number of halogens is 3. The van der Waals surface area contributed by atoms with Gasteiger partial charge in [-0.3, -0.25) is 9.79 Å². The highest BCUT2D eigenvalue weighted by molar-refractivity contribution is 5.95. The molecule has 1 N–H and O–H groups in total. The predicted octanol–water partition coefficient (Wildman–Crippen LogP) is 8.18. The molecule has 0 bridgehead atoms. The number of hydrogen-bond acceptors (Lipinski definition) is 3. The first-order valence-electron chi connectivity index (χ1n) is 12.4. The SMILES string of the molecule is C=C(CCCC1CC1)C(=C\C=C(/C)C(F)(F)F)/N=C(C)/C=C(/C)CC(=O)CC(C)(O)c1ccccc1. The molecule has 1 aromatic rings. The van der Waals surface area contributed by atoms with E-state index in [2.05, 4.69) is 11.6 Å². The smallest absolute Gasteiger partial charge is 0.385 e. The minimum Gasteiger partial charge on any atom is -0.385 e. The summed E-state index contributed by atoms with van der Waals surface area (Å²) in [5, 5.41) is 10.7. The van der Waals surface area contributed by atoms with Gasteiger partial charge < -0.3 is 5.11 Å². The molecule has 0 radical (unpaired) electrons. The summed E-state index contributed by atoms with van der Waals surface area (Å²) >= 11 is 0. The zero-order valence-corrected chi connectivity index (χ0v) is 21.8. The van der Waals surface area contributed by atoms with Crippen LogP contribution >= 0.6 is 0 Å². The van der Waals surface area contributed by atoms with Gasteiger partial charge >= 0.3 is 6.18 Å². The van der Waals surface area contributed by atoms with E-state index in [1.165, 1.54) is 18.9 Å². The highest BCUT2D eigenvalue weighted by atomic mass is 19.4. The molecule has 0 saturated heterocycles. The molecule has 1 saturated carbocycles. The quantitative estimate of drug-likeness (QED) is 0.219. The maximum atomic E-state index is 13.0. The van der Waals surface area contributed by atoms with Crippen LogP contribution in [0.3, 0.4) is 0 Å². The third-order valence-electron chi connectivity index (χ3n) is 6.25. The van der Waals surface area contributed by atoms with E-state index in [4.69, 9.17) is 0 Å². The number of allylic oxidation sites excluding steroid dienone is 6. The first kappa shape index (κ1) is 29.5. The number of ketones is 1. The summed E-state index contributed by atoms with van der Waals surface area (Å²) < 4.78 is 38.9. The average molecular weight is 502 g/mol. The van der Waals surface area contributed by atoms with Crippen molar-refractivity contribution >= 4 is 11.5 Å². The van der Waals surface area contributed by atoms with Crippen LogP contribution in [0.15, 0.2) is 82.5 Å². The maximum Gasteiger partial charge on any atom is 0.412 e. The molecule has 36 heavy (non-hydrogen) atoms. The second-order valence-electron chi connectivity index (χ2n) is 10.1. The lowest BCUT2D eigenvalue weighted by Crippen LogP contribution is -2.25. The molecule has 1 fully saturated rings. The van der Waals surface area contributed by atoms with Crippen molar-refractivity contribution in [2.45, 2.75) is 84.4 Å². The number of Topliss-reactive ketones (excluding diaryl/α,β-unsaturated/α-hetero) is 1. The van der Waals surface area contributed by atoms with Crippen LogP contribution in [-0.4, -0.2) is 22.8 Å². The lowest BCUT2D eigenvalue weighted by molar-refractivity contribution is -0.123. The van der Waals surface area contributed by atoms with Gasteiger partial charge in [0, 0.05) is 24.1 Å². The van der Waals surface area contributed by atoms with Crippen LogP contribution in [0, 0.1) is 5.92 Å². The number of aliphatic hydroxyl groups is 1. The van der Waals surface area contributed by atoms with E-state index in [1.54, 1.807) is 39.0 Å². The molecule has 2 rings (SSSR count). The Morgan fingerprint density at radius 3 is 2.36 bits per heavy atom. The molecule has 1 atom stereocenters. The Labute approximate surface area is 213 Å². The summed E-state index contributed by atoms with van der Waals surface area (Å²) in [6.45, 7) is 10.3. The van der Waals surface area contributed by atoms with Crippen LogP contribution in [0.5, 0.6) is 0 Å². The molecule has 1 aliphatic carbocycles. The molecular weight excluding hydrogens is 463 g/mol. The monoisotopic (exact) mass is 501 g/mol. The highest BCUT2D eigenvalue weighted by Gasteiger charge is 2.29. The van der Waals surface area contributed by atoms with Crippen LogP contribution in [0.1, 0.15) is 78.2 Å². The summed E-state index contributed by atoms with van der Waals surface area (Å²) in [5.74, 6) is 0.656. The van der Waals surface area contributed by atoms with E-state index in [0.717, 1.165) is 37.3 Å². The van der Waals surface area contributed by atoms with Crippen molar-refractivity contribution in [3.8, 4) is 0 Å². The topological polar surface area (TPSA) is 49.7 Å².